The van der Waals surface area contributed by atoms with E-state index in [-0.39, 0.29) is 6.61 Å². The van der Waals surface area contributed by atoms with Gasteiger partial charge in [-0.15, -0.1) is 0 Å². The molecule has 1 aromatic rings. The van der Waals surface area contributed by atoms with Gasteiger partial charge in [0.05, 0.1) is 7.11 Å². The lowest BCUT2D eigenvalue weighted by molar-refractivity contribution is 0.114. The summed E-state index contributed by atoms with van der Waals surface area (Å²) >= 11 is 0. The fourth-order valence-electron chi connectivity index (χ4n) is 2.29. The molecule has 2 rings (SSSR count). The molecule has 2 heterocycles. The van der Waals surface area contributed by atoms with Gasteiger partial charge in [-0.2, -0.15) is 0 Å². The van der Waals surface area contributed by atoms with Crippen LogP contribution in [0.4, 0.5) is 0 Å². The monoisotopic (exact) mass is 237 g/mol. The molecule has 0 unspecified atom stereocenters. The van der Waals surface area contributed by atoms with Gasteiger partial charge in [0.1, 0.15) is 5.69 Å². The summed E-state index contributed by atoms with van der Waals surface area (Å²) in [4.78, 5) is 10.7. The van der Waals surface area contributed by atoms with E-state index in [4.69, 9.17) is 4.74 Å². The first-order chi connectivity index (χ1) is 8.33. The number of hydrogen-bond donors (Lipinski definition) is 1. The third-order valence-electron chi connectivity index (χ3n) is 3.16. The molecule has 1 aliphatic heterocycles. The van der Waals surface area contributed by atoms with Crippen LogP contribution in [-0.2, 0) is 6.54 Å². The number of hydrogen-bond acceptors (Lipinski definition) is 5. The van der Waals surface area contributed by atoms with Gasteiger partial charge in [0.25, 0.3) is 0 Å². The Morgan fingerprint density at radius 3 is 3.06 bits per heavy atom. The second-order valence-corrected chi connectivity index (χ2v) is 4.44. The summed E-state index contributed by atoms with van der Waals surface area (Å²) in [6.07, 6.45) is 5.57. The summed E-state index contributed by atoms with van der Waals surface area (Å²) in [5.41, 5.74) is 0.869. The van der Waals surface area contributed by atoms with Gasteiger partial charge >= 0.3 is 0 Å². The first kappa shape index (κ1) is 12.3. The molecule has 1 N–H and O–H groups in total. The number of rotatable bonds is 4. The predicted molar refractivity (Wildman–Crippen MR) is 63.7 cm³/mol. The van der Waals surface area contributed by atoms with Gasteiger partial charge < -0.3 is 9.84 Å². The Kier molecular flexibility index (Phi) is 4.28. The van der Waals surface area contributed by atoms with Crippen molar-refractivity contribution in [3.8, 4) is 5.88 Å². The van der Waals surface area contributed by atoms with Crippen LogP contribution in [0.5, 0.6) is 5.88 Å². The average molecular weight is 237 g/mol. The number of likely N-dealkylation sites (tertiary alicyclic amines) is 1. The number of aromatic nitrogens is 2. The third-order valence-corrected chi connectivity index (χ3v) is 3.16. The fraction of sp³-hybridized carbons (Fsp3) is 0.667. The number of nitrogens with zero attached hydrogens (tertiary/aromatic N) is 3. The second kappa shape index (κ2) is 5.93. The van der Waals surface area contributed by atoms with E-state index in [0.29, 0.717) is 11.8 Å². The minimum Gasteiger partial charge on any atom is -0.480 e. The lowest BCUT2D eigenvalue weighted by atomic mass is 9.99. The molecular weight excluding hydrogens is 218 g/mol. The Hall–Kier alpha value is -1.20. The summed E-state index contributed by atoms with van der Waals surface area (Å²) in [6.45, 7) is 2.99. The molecule has 0 spiro atoms. The number of piperidine rings is 1. The zero-order valence-corrected chi connectivity index (χ0v) is 10.2. The molecule has 1 saturated heterocycles. The lowest BCUT2D eigenvalue weighted by Crippen LogP contribution is -2.36. The largest absolute Gasteiger partial charge is 0.480 e. The van der Waals surface area contributed by atoms with Gasteiger partial charge in [-0.25, -0.2) is 4.98 Å². The summed E-state index contributed by atoms with van der Waals surface area (Å²) in [6, 6.07) is 0. The van der Waals surface area contributed by atoms with Gasteiger partial charge in [0, 0.05) is 32.1 Å². The van der Waals surface area contributed by atoms with Crippen molar-refractivity contribution in [1.82, 2.24) is 14.9 Å². The molecule has 1 aromatic heterocycles. The highest BCUT2D eigenvalue weighted by molar-refractivity contribution is 5.16. The van der Waals surface area contributed by atoms with Gasteiger partial charge in [-0.3, -0.25) is 9.88 Å². The minimum absolute atomic E-state index is 0.272. The van der Waals surface area contributed by atoms with Crippen LogP contribution in [0.1, 0.15) is 18.5 Å². The van der Waals surface area contributed by atoms with Gasteiger partial charge in [-0.05, 0) is 25.3 Å². The lowest BCUT2D eigenvalue weighted by Gasteiger charge is -2.31. The standard InChI is InChI=1S/C12H19N3O2/c1-17-12-11(13-4-5-14-12)8-15-6-2-3-10(7-15)9-16/h4-5,10,16H,2-3,6-9H2,1H3/t10-/m0/s1. The summed E-state index contributed by atoms with van der Waals surface area (Å²) < 4.78 is 5.19. The molecule has 0 saturated carbocycles. The molecule has 0 amide bonds. The molecule has 0 aromatic carbocycles. The number of aliphatic hydroxyl groups is 1. The Balaban J connectivity index is 2.00. The zero-order valence-electron chi connectivity index (χ0n) is 10.2. The number of methoxy groups -OCH3 is 1. The maximum Gasteiger partial charge on any atom is 0.236 e. The molecule has 17 heavy (non-hydrogen) atoms. The molecular formula is C12H19N3O2. The highest BCUT2D eigenvalue weighted by Gasteiger charge is 2.20. The van der Waals surface area contributed by atoms with Crippen LogP contribution in [0.25, 0.3) is 0 Å². The Morgan fingerprint density at radius 1 is 1.47 bits per heavy atom. The van der Waals surface area contributed by atoms with E-state index in [2.05, 4.69) is 14.9 Å². The van der Waals surface area contributed by atoms with Crippen LogP contribution in [0.3, 0.4) is 0 Å². The molecule has 0 bridgehead atoms. The highest BCUT2D eigenvalue weighted by atomic mass is 16.5. The van der Waals surface area contributed by atoms with Crippen molar-refractivity contribution in [1.29, 1.82) is 0 Å². The van der Waals surface area contributed by atoms with E-state index in [1.165, 1.54) is 0 Å². The van der Waals surface area contributed by atoms with Gasteiger partial charge in [0.15, 0.2) is 0 Å². The van der Waals surface area contributed by atoms with Gasteiger partial charge in [-0.1, -0.05) is 0 Å². The van der Waals surface area contributed by atoms with E-state index >= 15 is 0 Å². The molecule has 0 aliphatic carbocycles. The smallest absolute Gasteiger partial charge is 0.236 e. The van der Waals surface area contributed by atoms with Crippen LogP contribution in [0.2, 0.25) is 0 Å². The molecule has 1 atom stereocenters. The Bertz CT molecular complexity index is 359. The normalized spacial score (nSPS) is 21.4. The number of ether oxygens (including phenoxy) is 1. The SMILES string of the molecule is COc1nccnc1CN1CCC[C@H](CO)C1. The molecule has 1 fully saturated rings. The van der Waals surface area contributed by atoms with Crippen molar-refractivity contribution in [3.05, 3.63) is 18.1 Å². The molecule has 5 nitrogen and oxygen atoms in total. The maximum absolute atomic E-state index is 9.20. The predicted octanol–water partition coefficient (Wildman–Crippen LogP) is 0.689. The zero-order chi connectivity index (χ0) is 12.1. The molecule has 0 radical (unpaired) electrons. The Morgan fingerprint density at radius 2 is 2.29 bits per heavy atom. The van der Waals surface area contributed by atoms with Crippen LogP contribution in [0.15, 0.2) is 12.4 Å². The second-order valence-electron chi connectivity index (χ2n) is 4.44. The van der Waals surface area contributed by atoms with Crippen LogP contribution < -0.4 is 4.74 Å². The summed E-state index contributed by atoms with van der Waals surface area (Å²) in [7, 11) is 1.61. The topological polar surface area (TPSA) is 58.5 Å². The van der Waals surface area contributed by atoms with Crippen molar-refractivity contribution in [2.45, 2.75) is 19.4 Å². The van der Waals surface area contributed by atoms with Crippen molar-refractivity contribution in [2.24, 2.45) is 5.92 Å². The van der Waals surface area contributed by atoms with Crippen molar-refractivity contribution in [3.63, 3.8) is 0 Å². The van der Waals surface area contributed by atoms with E-state index in [9.17, 15) is 5.11 Å². The van der Waals surface area contributed by atoms with Gasteiger partial charge in [0.2, 0.25) is 5.88 Å². The number of aliphatic hydroxyl groups excluding tert-OH is 1. The molecule has 5 heteroatoms. The first-order valence-corrected chi connectivity index (χ1v) is 6.00. The maximum atomic E-state index is 9.20. The molecule has 94 valence electrons. The fourth-order valence-corrected chi connectivity index (χ4v) is 2.29. The van der Waals surface area contributed by atoms with Crippen LogP contribution in [-0.4, -0.2) is 46.8 Å². The van der Waals surface area contributed by atoms with Crippen molar-refractivity contribution < 1.29 is 9.84 Å². The van der Waals surface area contributed by atoms with E-state index in [0.717, 1.165) is 38.2 Å². The average Bonchev–Trinajstić information content (AvgIpc) is 2.39. The molecule has 1 aliphatic rings. The summed E-state index contributed by atoms with van der Waals surface area (Å²) in [5.74, 6) is 0.991. The minimum atomic E-state index is 0.272. The van der Waals surface area contributed by atoms with E-state index in [1.807, 2.05) is 0 Å². The third kappa shape index (κ3) is 3.14. The van der Waals surface area contributed by atoms with E-state index < -0.39 is 0 Å². The van der Waals surface area contributed by atoms with E-state index in [1.54, 1.807) is 19.5 Å². The van der Waals surface area contributed by atoms with Crippen molar-refractivity contribution >= 4 is 0 Å². The summed E-state index contributed by atoms with van der Waals surface area (Å²) in [5, 5.41) is 9.20. The Labute approximate surface area is 101 Å². The van der Waals surface area contributed by atoms with Crippen LogP contribution >= 0.6 is 0 Å². The van der Waals surface area contributed by atoms with Crippen molar-refractivity contribution in [2.75, 3.05) is 26.8 Å². The first-order valence-electron chi connectivity index (χ1n) is 6.00. The highest BCUT2D eigenvalue weighted by Crippen LogP contribution is 2.20. The quantitative estimate of drug-likeness (QED) is 0.835. The van der Waals surface area contributed by atoms with Crippen LogP contribution in [0, 0.1) is 5.92 Å².